The molecule has 1 fully saturated rings. The maximum absolute atomic E-state index is 13.2. The third-order valence-corrected chi connectivity index (χ3v) is 6.69. The van der Waals surface area contributed by atoms with Crippen molar-refractivity contribution < 1.29 is 14.3 Å². The highest BCUT2D eigenvalue weighted by atomic mass is 35.5. The average Bonchev–Trinajstić information content (AvgIpc) is 3.29. The molecule has 3 aromatic rings. The normalized spacial score (nSPS) is 18.0. The van der Waals surface area contributed by atoms with Crippen LogP contribution < -0.4 is 0 Å². The highest BCUT2D eigenvalue weighted by Crippen LogP contribution is 2.27. The van der Waals surface area contributed by atoms with Gasteiger partial charge in [-0.05, 0) is 30.2 Å². The molecule has 176 valence electrons. The van der Waals surface area contributed by atoms with E-state index >= 15 is 0 Å². The molecular formula is C25H26ClN5O3. The molecule has 2 aromatic carbocycles. The average molecular weight is 480 g/mol. The largest absolute Gasteiger partial charge is 0.365 e. The highest BCUT2D eigenvalue weighted by Gasteiger charge is 2.32. The SMILES string of the molecule is Cc1ccc([C@H]2Cn3nnc(C(=O)N4CCN(C(=O)Cc5ccc(Cl)cc5)CC4)c3CO2)cc1. The minimum atomic E-state index is -0.163. The van der Waals surface area contributed by atoms with Crippen LogP contribution in [-0.2, 0) is 29.1 Å². The summed E-state index contributed by atoms with van der Waals surface area (Å²) < 4.78 is 7.82. The van der Waals surface area contributed by atoms with Gasteiger partial charge < -0.3 is 14.5 Å². The first kappa shape index (κ1) is 22.6. The van der Waals surface area contributed by atoms with Gasteiger partial charge in [-0.3, -0.25) is 9.59 Å². The van der Waals surface area contributed by atoms with E-state index in [0.29, 0.717) is 55.6 Å². The molecule has 0 N–H and O–H groups in total. The first-order valence-corrected chi connectivity index (χ1v) is 11.8. The van der Waals surface area contributed by atoms with E-state index in [1.54, 1.807) is 26.6 Å². The van der Waals surface area contributed by atoms with Gasteiger partial charge in [0.1, 0.15) is 6.10 Å². The number of nitrogens with zero attached hydrogens (tertiary/aromatic N) is 5. The molecule has 9 heteroatoms. The number of carbonyl (C=O) groups is 2. The zero-order chi connectivity index (χ0) is 23.7. The smallest absolute Gasteiger partial charge is 0.276 e. The summed E-state index contributed by atoms with van der Waals surface area (Å²) in [5.41, 5.74) is 4.24. The van der Waals surface area contributed by atoms with Crippen molar-refractivity contribution in [3.63, 3.8) is 0 Å². The number of fused-ring (bicyclic) bond motifs is 1. The van der Waals surface area contributed by atoms with Crippen molar-refractivity contribution in [2.45, 2.75) is 32.6 Å². The first-order chi connectivity index (χ1) is 16.5. The fourth-order valence-corrected chi connectivity index (χ4v) is 4.48. The molecule has 0 saturated carbocycles. The second kappa shape index (κ2) is 9.56. The van der Waals surface area contributed by atoms with Crippen LogP contribution in [0.15, 0.2) is 48.5 Å². The number of rotatable bonds is 4. The molecule has 0 unspecified atom stereocenters. The minimum absolute atomic E-state index is 0.0472. The van der Waals surface area contributed by atoms with E-state index in [2.05, 4.69) is 34.6 Å². The van der Waals surface area contributed by atoms with Crippen molar-refractivity contribution in [2.75, 3.05) is 26.2 Å². The highest BCUT2D eigenvalue weighted by molar-refractivity contribution is 6.30. The number of piperazine rings is 1. The zero-order valence-electron chi connectivity index (χ0n) is 19.0. The fourth-order valence-electron chi connectivity index (χ4n) is 4.36. The number of aromatic nitrogens is 3. The van der Waals surface area contributed by atoms with Crippen LogP contribution in [0.25, 0.3) is 0 Å². The molecule has 2 amide bonds. The third kappa shape index (κ3) is 4.69. The standard InChI is InChI=1S/C25H26ClN5O3/c1-17-2-6-19(7-3-17)22-15-31-21(16-34-22)24(27-28-31)25(33)30-12-10-29(11-13-30)23(32)14-18-4-8-20(26)9-5-18/h2-9,22H,10-16H2,1H3/t22-/m1/s1. The molecule has 0 radical (unpaired) electrons. The van der Waals surface area contributed by atoms with Crippen molar-refractivity contribution >= 4 is 23.4 Å². The number of benzene rings is 2. The minimum Gasteiger partial charge on any atom is -0.365 e. The number of aryl methyl sites for hydroxylation is 1. The molecule has 1 atom stereocenters. The lowest BCUT2D eigenvalue weighted by Crippen LogP contribution is -2.51. The van der Waals surface area contributed by atoms with Crippen molar-refractivity contribution in [2.24, 2.45) is 0 Å². The Kier molecular flexibility index (Phi) is 6.34. The lowest BCUT2D eigenvalue weighted by Gasteiger charge is -2.34. The summed E-state index contributed by atoms with van der Waals surface area (Å²) in [6, 6.07) is 15.5. The van der Waals surface area contributed by atoms with Crippen LogP contribution >= 0.6 is 11.6 Å². The second-order valence-corrected chi connectivity index (χ2v) is 9.19. The van der Waals surface area contributed by atoms with Crippen molar-refractivity contribution in [1.29, 1.82) is 0 Å². The second-order valence-electron chi connectivity index (χ2n) is 8.75. The van der Waals surface area contributed by atoms with Crippen molar-refractivity contribution in [3.05, 3.63) is 81.6 Å². The Hall–Kier alpha value is -3.23. The van der Waals surface area contributed by atoms with Gasteiger partial charge in [0.25, 0.3) is 5.91 Å². The van der Waals surface area contributed by atoms with Gasteiger partial charge in [-0.1, -0.05) is 58.8 Å². The Balaban J connectivity index is 1.18. The summed E-state index contributed by atoms with van der Waals surface area (Å²) >= 11 is 5.92. The van der Waals surface area contributed by atoms with Gasteiger partial charge in [-0.25, -0.2) is 4.68 Å². The Labute approximate surface area is 203 Å². The van der Waals surface area contributed by atoms with Crippen LogP contribution in [0.1, 0.15) is 39.0 Å². The molecule has 1 saturated heterocycles. The molecule has 5 rings (SSSR count). The molecule has 3 heterocycles. The van der Waals surface area contributed by atoms with Gasteiger partial charge in [-0.2, -0.15) is 0 Å². The van der Waals surface area contributed by atoms with Gasteiger partial charge in [-0.15, -0.1) is 5.10 Å². The Morgan fingerprint density at radius 1 is 1.00 bits per heavy atom. The quantitative estimate of drug-likeness (QED) is 0.574. The van der Waals surface area contributed by atoms with Crippen molar-refractivity contribution in [3.8, 4) is 0 Å². The molecule has 34 heavy (non-hydrogen) atoms. The van der Waals surface area contributed by atoms with E-state index < -0.39 is 0 Å². The molecule has 8 nitrogen and oxygen atoms in total. The lowest BCUT2D eigenvalue weighted by atomic mass is 10.1. The van der Waals surface area contributed by atoms with Crippen molar-refractivity contribution in [1.82, 2.24) is 24.8 Å². The van der Waals surface area contributed by atoms with Crippen LogP contribution in [0.5, 0.6) is 0 Å². The Morgan fingerprint density at radius 2 is 1.68 bits per heavy atom. The lowest BCUT2D eigenvalue weighted by molar-refractivity contribution is -0.131. The van der Waals surface area contributed by atoms with E-state index in [0.717, 1.165) is 11.1 Å². The third-order valence-electron chi connectivity index (χ3n) is 6.44. The number of hydrogen-bond acceptors (Lipinski definition) is 5. The summed E-state index contributed by atoms with van der Waals surface area (Å²) in [6.07, 6.45) is 0.205. The maximum atomic E-state index is 13.2. The molecule has 2 aliphatic heterocycles. The number of halogens is 1. The summed E-state index contributed by atoms with van der Waals surface area (Å²) in [5.74, 6) is -0.116. The summed E-state index contributed by atoms with van der Waals surface area (Å²) in [7, 11) is 0. The Bertz CT molecular complexity index is 1180. The summed E-state index contributed by atoms with van der Waals surface area (Å²) in [4.78, 5) is 29.4. The van der Waals surface area contributed by atoms with Gasteiger partial charge >= 0.3 is 0 Å². The van der Waals surface area contributed by atoms with E-state index in [1.807, 2.05) is 19.1 Å². The molecule has 0 aliphatic carbocycles. The van der Waals surface area contributed by atoms with E-state index in [-0.39, 0.29) is 24.5 Å². The van der Waals surface area contributed by atoms with Crippen LogP contribution in [0.4, 0.5) is 0 Å². The van der Waals surface area contributed by atoms with Gasteiger partial charge in [0.2, 0.25) is 5.91 Å². The Morgan fingerprint density at radius 3 is 2.38 bits per heavy atom. The number of hydrogen-bond donors (Lipinski definition) is 0. The molecule has 0 bridgehead atoms. The first-order valence-electron chi connectivity index (χ1n) is 11.4. The molecule has 0 spiro atoms. The molecule has 2 aliphatic rings. The van der Waals surface area contributed by atoms with Crippen LogP contribution in [-0.4, -0.2) is 62.8 Å². The topological polar surface area (TPSA) is 80.6 Å². The van der Waals surface area contributed by atoms with E-state index in [1.165, 1.54) is 5.56 Å². The number of amides is 2. The number of carbonyl (C=O) groups excluding carboxylic acids is 2. The number of ether oxygens (including phenoxy) is 1. The maximum Gasteiger partial charge on any atom is 0.276 e. The molecular weight excluding hydrogens is 454 g/mol. The summed E-state index contributed by atoms with van der Waals surface area (Å²) in [6.45, 7) is 4.77. The van der Waals surface area contributed by atoms with Gasteiger partial charge in [0.15, 0.2) is 5.69 Å². The van der Waals surface area contributed by atoms with Crippen LogP contribution in [0.2, 0.25) is 5.02 Å². The van der Waals surface area contributed by atoms with E-state index in [4.69, 9.17) is 16.3 Å². The van der Waals surface area contributed by atoms with E-state index in [9.17, 15) is 9.59 Å². The zero-order valence-corrected chi connectivity index (χ0v) is 19.7. The predicted octanol–water partition coefficient (Wildman–Crippen LogP) is 3.04. The fraction of sp³-hybridized carbons (Fsp3) is 0.360. The van der Waals surface area contributed by atoms with Gasteiger partial charge in [0.05, 0.1) is 25.3 Å². The predicted molar refractivity (Wildman–Crippen MR) is 126 cm³/mol. The molecule has 1 aromatic heterocycles. The van der Waals surface area contributed by atoms with Gasteiger partial charge in [0, 0.05) is 31.2 Å². The monoisotopic (exact) mass is 479 g/mol. The van der Waals surface area contributed by atoms with Crippen LogP contribution in [0, 0.1) is 6.92 Å². The van der Waals surface area contributed by atoms with Crippen LogP contribution in [0.3, 0.4) is 0 Å². The summed E-state index contributed by atoms with van der Waals surface area (Å²) in [5, 5.41) is 9.06.